The average molecular weight is 433 g/mol. The number of thiazole rings is 1. The zero-order valence-corrected chi connectivity index (χ0v) is 18.5. The summed E-state index contributed by atoms with van der Waals surface area (Å²) in [5.74, 6) is 0. The molecule has 0 aliphatic rings. The summed E-state index contributed by atoms with van der Waals surface area (Å²) >= 11 is 1.53. The summed E-state index contributed by atoms with van der Waals surface area (Å²) in [4.78, 5) is 5.50. The first-order chi connectivity index (χ1) is 12.4. The van der Waals surface area contributed by atoms with Gasteiger partial charge in [-0.2, -0.15) is 17.0 Å². The molecule has 0 amide bonds. The fraction of sp³-hybridized carbons (Fsp3) is 0.438. The van der Waals surface area contributed by atoms with Gasteiger partial charge >= 0.3 is 10.2 Å². The Labute approximate surface area is 165 Å². The van der Waals surface area contributed by atoms with Crippen molar-refractivity contribution >= 4 is 37.3 Å². The number of rotatable bonds is 7. The number of nitrogens with zero attached hydrogens (tertiary/aromatic N) is 3. The Morgan fingerprint density at radius 3 is 2.04 bits per heavy atom. The van der Waals surface area contributed by atoms with Gasteiger partial charge in [0.1, 0.15) is 0 Å². The third-order valence-corrected chi connectivity index (χ3v) is 8.44. The molecule has 0 fully saturated rings. The van der Waals surface area contributed by atoms with Gasteiger partial charge in [0.2, 0.25) is 10.0 Å². The van der Waals surface area contributed by atoms with E-state index in [4.69, 9.17) is 0 Å². The van der Waals surface area contributed by atoms with Crippen LogP contribution in [0.2, 0.25) is 0 Å². The lowest BCUT2D eigenvalue weighted by atomic mass is 10.2. The molecule has 1 atom stereocenters. The normalized spacial score (nSPS) is 13.9. The number of hydrogen-bond acceptors (Lipinski definition) is 6. The van der Waals surface area contributed by atoms with Gasteiger partial charge in [-0.15, -0.1) is 11.3 Å². The molecule has 1 aromatic heterocycles. The molecule has 0 spiro atoms. The number of aromatic nitrogens is 1. The Balaban J connectivity index is 2.27. The first-order valence-corrected chi connectivity index (χ1v) is 11.8. The summed E-state index contributed by atoms with van der Waals surface area (Å²) in [5.41, 5.74) is 1.02. The Bertz CT molecular complexity index is 1010. The number of anilines is 1. The molecule has 1 aromatic carbocycles. The van der Waals surface area contributed by atoms with Gasteiger partial charge in [0.15, 0.2) is 0 Å². The number of sulfonamides is 1. The van der Waals surface area contributed by atoms with Crippen LogP contribution in [0.15, 0.2) is 29.2 Å². The minimum absolute atomic E-state index is 0.0780. The van der Waals surface area contributed by atoms with Crippen molar-refractivity contribution in [3.05, 3.63) is 39.8 Å². The van der Waals surface area contributed by atoms with Crippen molar-refractivity contribution in [2.45, 2.75) is 31.7 Å². The molecule has 0 bridgehead atoms. The maximum absolute atomic E-state index is 12.9. The van der Waals surface area contributed by atoms with E-state index in [0.29, 0.717) is 0 Å². The number of hydrogen-bond donors (Lipinski definition) is 1. The van der Waals surface area contributed by atoms with Gasteiger partial charge in [-0.1, -0.05) is 0 Å². The van der Waals surface area contributed by atoms with Crippen molar-refractivity contribution in [3.8, 4) is 0 Å². The fourth-order valence-electron chi connectivity index (χ4n) is 2.41. The second-order valence-corrected chi connectivity index (χ2v) is 11.6. The van der Waals surface area contributed by atoms with Gasteiger partial charge in [-0.05, 0) is 45.0 Å². The Hall–Kier alpha value is -1.53. The number of nitrogens with one attached hydrogen (secondary N) is 1. The van der Waals surface area contributed by atoms with Gasteiger partial charge in [-0.25, -0.2) is 13.4 Å². The van der Waals surface area contributed by atoms with Crippen molar-refractivity contribution in [2.24, 2.45) is 0 Å². The molecule has 1 N–H and O–H groups in total. The first kappa shape index (κ1) is 21.8. The van der Waals surface area contributed by atoms with E-state index in [1.807, 2.05) is 13.8 Å². The summed E-state index contributed by atoms with van der Waals surface area (Å²) in [7, 11) is -3.10. The molecular formula is C16H24N4O4S3. The predicted molar refractivity (Wildman–Crippen MR) is 108 cm³/mol. The third-order valence-electron chi connectivity index (χ3n) is 4.14. The van der Waals surface area contributed by atoms with Crippen LogP contribution >= 0.6 is 11.3 Å². The SMILES string of the molecule is Cc1nc(C(C)N(C)S(=O)(=O)c2ccc(NS(=O)(=O)N(C)C)cc2)c(C)s1. The van der Waals surface area contributed by atoms with Gasteiger partial charge in [0.25, 0.3) is 0 Å². The lowest BCUT2D eigenvalue weighted by Crippen LogP contribution is -2.30. The largest absolute Gasteiger partial charge is 0.301 e. The summed E-state index contributed by atoms with van der Waals surface area (Å²) < 4.78 is 54.2. The molecule has 150 valence electrons. The third kappa shape index (κ3) is 4.66. The van der Waals surface area contributed by atoms with Crippen LogP contribution in [0, 0.1) is 13.8 Å². The van der Waals surface area contributed by atoms with E-state index in [-0.39, 0.29) is 10.6 Å². The highest BCUT2D eigenvalue weighted by Gasteiger charge is 2.28. The standard InChI is InChI=1S/C16H24N4O4S3/c1-11(16-12(2)25-13(3)17-16)20(6)26(21,22)15-9-7-14(8-10-15)18-27(23,24)19(4)5/h7-11,18H,1-6H3. The second-order valence-electron chi connectivity index (χ2n) is 6.29. The maximum Gasteiger partial charge on any atom is 0.301 e. The van der Waals surface area contributed by atoms with E-state index in [2.05, 4.69) is 9.71 Å². The first-order valence-electron chi connectivity index (χ1n) is 8.08. The van der Waals surface area contributed by atoms with Crippen molar-refractivity contribution in [1.29, 1.82) is 0 Å². The molecule has 27 heavy (non-hydrogen) atoms. The van der Waals surface area contributed by atoms with Crippen LogP contribution in [-0.4, -0.2) is 51.6 Å². The Morgan fingerprint density at radius 1 is 1.04 bits per heavy atom. The van der Waals surface area contributed by atoms with Crippen LogP contribution in [0.3, 0.4) is 0 Å². The second kappa shape index (κ2) is 7.84. The molecule has 2 aromatic rings. The maximum atomic E-state index is 12.9. The number of aryl methyl sites for hydroxylation is 2. The fourth-order valence-corrected chi connectivity index (χ4v) is 5.27. The molecule has 0 saturated heterocycles. The highest BCUT2D eigenvalue weighted by Crippen LogP contribution is 2.30. The Kier molecular flexibility index (Phi) is 6.32. The minimum Gasteiger partial charge on any atom is -0.271 e. The Morgan fingerprint density at radius 2 is 1.59 bits per heavy atom. The smallest absolute Gasteiger partial charge is 0.271 e. The molecule has 0 aliphatic heterocycles. The van der Waals surface area contributed by atoms with Crippen LogP contribution in [0.5, 0.6) is 0 Å². The van der Waals surface area contributed by atoms with Gasteiger partial charge < -0.3 is 0 Å². The van der Waals surface area contributed by atoms with Crippen LogP contribution in [0.4, 0.5) is 5.69 Å². The van der Waals surface area contributed by atoms with E-state index >= 15 is 0 Å². The molecule has 1 unspecified atom stereocenters. The monoisotopic (exact) mass is 432 g/mol. The van der Waals surface area contributed by atoms with E-state index < -0.39 is 26.3 Å². The lowest BCUT2D eigenvalue weighted by molar-refractivity contribution is 0.392. The molecular weight excluding hydrogens is 408 g/mol. The molecule has 1 heterocycles. The highest BCUT2D eigenvalue weighted by atomic mass is 32.2. The number of benzene rings is 1. The quantitative estimate of drug-likeness (QED) is 0.724. The van der Waals surface area contributed by atoms with Crippen molar-refractivity contribution in [2.75, 3.05) is 25.9 Å². The van der Waals surface area contributed by atoms with E-state index in [1.165, 1.54) is 61.1 Å². The summed E-state index contributed by atoms with van der Waals surface area (Å²) in [6.07, 6.45) is 0. The summed E-state index contributed by atoms with van der Waals surface area (Å²) in [6.45, 7) is 5.59. The van der Waals surface area contributed by atoms with Gasteiger partial charge in [-0.3, -0.25) is 4.72 Å². The van der Waals surface area contributed by atoms with Crippen molar-refractivity contribution in [1.82, 2.24) is 13.6 Å². The zero-order chi connectivity index (χ0) is 20.6. The van der Waals surface area contributed by atoms with E-state index in [1.54, 1.807) is 6.92 Å². The predicted octanol–water partition coefficient (Wildman–Crippen LogP) is 2.36. The summed E-state index contributed by atoms with van der Waals surface area (Å²) in [6, 6.07) is 5.18. The van der Waals surface area contributed by atoms with Crippen molar-refractivity contribution < 1.29 is 16.8 Å². The molecule has 2 rings (SSSR count). The summed E-state index contributed by atoms with van der Waals surface area (Å²) in [5, 5.41) is 0.887. The molecule has 0 aliphatic carbocycles. The minimum atomic E-state index is -3.76. The van der Waals surface area contributed by atoms with E-state index in [9.17, 15) is 16.8 Å². The van der Waals surface area contributed by atoms with Crippen LogP contribution < -0.4 is 4.72 Å². The van der Waals surface area contributed by atoms with Crippen LogP contribution in [-0.2, 0) is 20.2 Å². The topological polar surface area (TPSA) is 99.7 Å². The molecule has 8 nitrogen and oxygen atoms in total. The van der Waals surface area contributed by atoms with E-state index in [0.717, 1.165) is 19.9 Å². The van der Waals surface area contributed by atoms with Gasteiger partial charge in [0, 0.05) is 31.7 Å². The molecule has 11 heteroatoms. The van der Waals surface area contributed by atoms with Crippen LogP contribution in [0.1, 0.15) is 28.5 Å². The average Bonchev–Trinajstić information content (AvgIpc) is 2.91. The molecule has 0 saturated carbocycles. The zero-order valence-electron chi connectivity index (χ0n) is 16.1. The highest BCUT2D eigenvalue weighted by molar-refractivity contribution is 7.90. The molecule has 0 radical (unpaired) electrons. The van der Waals surface area contributed by atoms with Crippen molar-refractivity contribution in [3.63, 3.8) is 0 Å². The van der Waals surface area contributed by atoms with Crippen LogP contribution in [0.25, 0.3) is 0 Å². The van der Waals surface area contributed by atoms with Gasteiger partial charge in [0.05, 0.1) is 21.6 Å². The lowest BCUT2D eigenvalue weighted by Gasteiger charge is -2.24.